The molecule has 1 N–H and O–H groups in total. The largest absolute Gasteiger partial charge is 0.468 e. The first kappa shape index (κ1) is 18.9. The van der Waals surface area contributed by atoms with Gasteiger partial charge in [-0.2, -0.15) is 0 Å². The zero-order chi connectivity index (χ0) is 19.2. The van der Waals surface area contributed by atoms with E-state index >= 15 is 0 Å². The molecule has 144 valence electrons. The van der Waals surface area contributed by atoms with Gasteiger partial charge in [0.1, 0.15) is 5.76 Å². The second-order valence-electron chi connectivity index (χ2n) is 6.49. The predicted octanol–water partition coefficient (Wildman–Crippen LogP) is 3.61. The highest BCUT2D eigenvalue weighted by Gasteiger charge is 2.25. The van der Waals surface area contributed by atoms with E-state index in [1.165, 1.54) is 25.7 Å². The van der Waals surface area contributed by atoms with Gasteiger partial charge in [-0.25, -0.2) is 4.79 Å². The number of hydrogen-bond donors (Lipinski definition) is 1. The van der Waals surface area contributed by atoms with Crippen molar-refractivity contribution in [2.45, 2.75) is 25.3 Å². The maximum atomic E-state index is 12.1. The van der Waals surface area contributed by atoms with Gasteiger partial charge >= 0.3 is 5.97 Å². The first-order valence-electron chi connectivity index (χ1n) is 8.98. The van der Waals surface area contributed by atoms with Crippen LogP contribution in [0.4, 0.5) is 11.4 Å². The Hall–Kier alpha value is -2.87. The van der Waals surface area contributed by atoms with Gasteiger partial charge < -0.3 is 14.5 Å². The average Bonchev–Trinajstić information content (AvgIpc) is 3.23. The van der Waals surface area contributed by atoms with E-state index < -0.39 is 10.9 Å². The molecule has 1 aliphatic heterocycles. The minimum atomic E-state index is -0.617. The minimum absolute atomic E-state index is 0.0148. The number of furan rings is 1. The highest BCUT2D eigenvalue weighted by Crippen LogP contribution is 2.28. The lowest BCUT2D eigenvalue weighted by Crippen LogP contribution is -2.37. The van der Waals surface area contributed by atoms with Gasteiger partial charge in [0.25, 0.3) is 5.69 Å². The summed E-state index contributed by atoms with van der Waals surface area (Å²) in [6.45, 7) is 2.48. The molecule has 0 spiro atoms. The van der Waals surface area contributed by atoms with Crippen molar-refractivity contribution in [1.29, 1.82) is 0 Å². The summed E-state index contributed by atoms with van der Waals surface area (Å²) in [6.07, 6.45) is 5.16. The Balaban J connectivity index is 1.82. The number of hydrogen-bond acceptors (Lipinski definition) is 7. The molecule has 27 heavy (non-hydrogen) atoms. The Morgan fingerprint density at radius 2 is 2.11 bits per heavy atom. The highest BCUT2D eigenvalue weighted by molar-refractivity contribution is 5.96. The molecule has 0 radical (unpaired) electrons. The molecular weight excluding hydrogens is 350 g/mol. The van der Waals surface area contributed by atoms with Crippen LogP contribution in [0.15, 0.2) is 41.0 Å². The molecule has 1 aromatic carbocycles. The van der Waals surface area contributed by atoms with E-state index in [9.17, 15) is 14.9 Å². The van der Waals surface area contributed by atoms with Gasteiger partial charge in [0.15, 0.2) is 0 Å². The molecule has 0 amide bonds. The predicted molar refractivity (Wildman–Crippen MR) is 99.8 cm³/mol. The van der Waals surface area contributed by atoms with Crippen LogP contribution in [-0.4, -0.2) is 42.5 Å². The van der Waals surface area contributed by atoms with E-state index in [-0.39, 0.29) is 17.3 Å². The summed E-state index contributed by atoms with van der Waals surface area (Å²) in [6, 6.07) is 7.96. The molecular formula is C19H23N3O5. The first-order chi connectivity index (χ1) is 13.1. The number of rotatable bonds is 7. The first-order valence-corrected chi connectivity index (χ1v) is 8.98. The van der Waals surface area contributed by atoms with Crippen molar-refractivity contribution >= 4 is 17.3 Å². The third-order valence-corrected chi connectivity index (χ3v) is 4.81. The topological polar surface area (TPSA) is 97.8 Å². The number of benzene rings is 1. The molecule has 0 aliphatic carbocycles. The van der Waals surface area contributed by atoms with Crippen LogP contribution in [0.25, 0.3) is 0 Å². The Labute approximate surface area is 157 Å². The van der Waals surface area contributed by atoms with E-state index in [0.717, 1.165) is 31.7 Å². The third-order valence-electron chi connectivity index (χ3n) is 4.81. The number of likely N-dealkylation sites (tertiary alicyclic amines) is 1. The Kier molecular flexibility index (Phi) is 6.08. The van der Waals surface area contributed by atoms with E-state index in [4.69, 9.17) is 9.15 Å². The fourth-order valence-electron chi connectivity index (χ4n) is 3.41. The van der Waals surface area contributed by atoms with Crippen molar-refractivity contribution in [2.75, 3.05) is 32.1 Å². The lowest BCUT2D eigenvalue weighted by molar-refractivity contribution is -0.384. The summed E-state index contributed by atoms with van der Waals surface area (Å²) in [5.41, 5.74) is 0.490. The smallest absolute Gasteiger partial charge is 0.340 e. The normalized spacial score (nSPS) is 15.9. The zero-order valence-corrected chi connectivity index (χ0v) is 15.2. The van der Waals surface area contributed by atoms with Gasteiger partial charge in [0.2, 0.25) is 0 Å². The number of methoxy groups -OCH3 is 1. The fourth-order valence-corrected chi connectivity index (χ4v) is 3.41. The standard InChI is InChI=1S/C19H23N3O5/c1-26-19(23)15-12-14(22(24)25)7-8-16(15)20-13-17(18-6-5-11-27-18)21-9-3-2-4-10-21/h5-8,11-12,17,20H,2-4,9-10,13H2,1H3. The quantitative estimate of drug-likeness (QED) is 0.450. The molecule has 1 unspecified atom stereocenters. The van der Waals surface area contributed by atoms with Crippen molar-refractivity contribution in [1.82, 2.24) is 4.90 Å². The number of esters is 1. The van der Waals surface area contributed by atoms with Crippen molar-refractivity contribution in [3.8, 4) is 0 Å². The Morgan fingerprint density at radius 1 is 1.33 bits per heavy atom. The third kappa shape index (κ3) is 4.46. The minimum Gasteiger partial charge on any atom is -0.468 e. The molecule has 0 saturated carbocycles. The summed E-state index contributed by atoms with van der Waals surface area (Å²) in [5, 5.41) is 14.3. The van der Waals surface area contributed by atoms with Gasteiger partial charge in [0, 0.05) is 24.4 Å². The molecule has 3 rings (SSSR count). The monoisotopic (exact) mass is 373 g/mol. The molecule has 8 heteroatoms. The molecule has 2 aromatic rings. The molecule has 1 fully saturated rings. The van der Waals surface area contributed by atoms with E-state index in [1.54, 1.807) is 12.3 Å². The average molecular weight is 373 g/mol. The second kappa shape index (κ2) is 8.68. The molecule has 1 saturated heterocycles. The lowest BCUT2D eigenvalue weighted by atomic mass is 10.1. The van der Waals surface area contributed by atoms with Gasteiger partial charge in [-0.1, -0.05) is 6.42 Å². The summed E-state index contributed by atoms with van der Waals surface area (Å²) >= 11 is 0. The molecule has 8 nitrogen and oxygen atoms in total. The number of piperidine rings is 1. The number of non-ortho nitro benzene ring substituents is 1. The van der Waals surface area contributed by atoms with Gasteiger partial charge in [0.05, 0.1) is 29.9 Å². The summed E-state index contributed by atoms with van der Waals surface area (Å²) in [5.74, 6) is 0.236. The van der Waals surface area contributed by atoms with Crippen molar-refractivity contribution in [2.24, 2.45) is 0 Å². The van der Waals surface area contributed by atoms with Gasteiger partial charge in [-0.15, -0.1) is 0 Å². The van der Waals surface area contributed by atoms with Crippen LogP contribution in [-0.2, 0) is 4.74 Å². The Bertz CT molecular complexity index is 785. The summed E-state index contributed by atoms with van der Waals surface area (Å²) < 4.78 is 10.4. The molecule has 1 atom stereocenters. The van der Waals surface area contributed by atoms with E-state index in [2.05, 4.69) is 10.2 Å². The number of nitro benzene ring substituents is 1. The van der Waals surface area contributed by atoms with Crippen molar-refractivity contribution in [3.63, 3.8) is 0 Å². The van der Waals surface area contributed by atoms with Crippen LogP contribution in [0.3, 0.4) is 0 Å². The summed E-state index contributed by atoms with van der Waals surface area (Å²) in [7, 11) is 1.25. The number of carbonyl (C=O) groups excluding carboxylic acids is 1. The highest BCUT2D eigenvalue weighted by atomic mass is 16.6. The molecule has 1 aromatic heterocycles. The number of nitrogens with zero attached hydrogens (tertiary/aromatic N) is 2. The maximum absolute atomic E-state index is 12.1. The van der Waals surface area contributed by atoms with Gasteiger partial charge in [-0.3, -0.25) is 15.0 Å². The van der Waals surface area contributed by atoms with Gasteiger partial charge in [-0.05, 0) is 44.1 Å². The van der Waals surface area contributed by atoms with Crippen molar-refractivity contribution < 1.29 is 18.9 Å². The fraction of sp³-hybridized carbons (Fsp3) is 0.421. The van der Waals surface area contributed by atoms with Crippen LogP contribution < -0.4 is 5.32 Å². The number of ether oxygens (including phenoxy) is 1. The number of anilines is 1. The van der Waals surface area contributed by atoms with Crippen molar-refractivity contribution in [3.05, 3.63) is 58.0 Å². The SMILES string of the molecule is COC(=O)c1cc([N+](=O)[O-])ccc1NCC(c1ccco1)N1CCCCC1. The van der Waals surface area contributed by atoms with Crippen LogP contribution in [0.5, 0.6) is 0 Å². The van der Waals surface area contributed by atoms with Crippen LogP contribution in [0, 0.1) is 10.1 Å². The van der Waals surface area contributed by atoms with Crippen LogP contribution in [0.1, 0.15) is 41.4 Å². The zero-order valence-electron chi connectivity index (χ0n) is 15.2. The Morgan fingerprint density at radius 3 is 2.74 bits per heavy atom. The molecule has 1 aliphatic rings. The lowest BCUT2D eigenvalue weighted by Gasteiger charge is -2.33. The molecule has 0 bridgehead atoms. The number of carbonyl (C=O) groups is 1. The summed E-state index contributed by atoms with van der Waals surface area (Å²) in [4.78, 5) is 24.9. The van der Waals surface area contributed by atoms with Crippen LogP contribution in [0.2, 0.25) is 0 Å². The maximum Gasteiger partial charge on any atom is 0.340 e. The second-order valence-corrected chi connectivity index (χ2v) is 6.49. The number of nitrogens with one attached hydrogen (secondary N) is 1. The number of nitro groups is 1. The van der Waals surface area contributed by atoms with E-state index in [1.807, 2.05) is 12.1 Å². The van der Waals surface area contributed by atoms with Crippen LogP contribution >= 0.6 is 0 Å². The molecule has 2 heterocycles. The van der Waals surface area contributed by atoms with E-state index in [0.29, 0.717) is 12.2 Å².